The lowest BCUT2D eigenvalue weighted by molar-refractivity contribution is -0.137. The zero-order valence-electron chi connectivity index (χ0n) is 21.3. The molecule has 0 radical (unpaired) electrons. The average molecular weight is 561 g/mol. The van der Waals surface area contributed by atoms with Gasteiger partial charge in [-0.15, -0.1) is 0 Å². The highest BCUT2D eigenvalue weighted by Gasteiger charge is 2.31. The van der Waals surface area contributed by atoms with Crippen LogP contribution in [0.3, 0.4) is 0 Å². The summed E-state index contributed by atoms with van der Waals surface area (Å²) in [4.78, 5) is 16.6. The number of carbonyl (C=O) groups excluding carboxylic acids is 1. The van der Waals surface area contributed by atoms with Gasteiger partial charge in [-0.05, 0) is 53.8 Å². The van der Waals surface area contributed by atoms with Crippen LogP contribution in [0.25, 0.3) is 22.0 Å². The van der Waals surface area contributed by atoms with Gasteiger partial charge in [0.05, 0.1) is 23.3 Å². The van der Waals surface area contributed by atoms with Crippen molar-refractivity contribution in [2.24, 2.45) is 5.92 Å². The predicted octanol–water partition coefficient (Wildman–Crippen LogP) is 5.84. The summed E-state index contributed by atoms with van der Waals surface area (Å²) < 4.78 is 41.0. The second kappa shape index (κ2) is 11.7. The first-order valence-electron chi connectivity index (χ1n) is 12.4. The Bertz CT molecular complexity index is 1450. The highest BCUT2D eigenvalue weighted by Crippen LogP contribution is 2.37. The summed E-state index contributed by atoms with van der Waals surface area (Å²) in [5, 5.41) is 25.9. The zero-order chi connectivity index (χ0) is 28.3. The van der Waals surface area contributed by atoms with Crippen LogP contribution < -0.4 is 5.32 Å². The van der Waals surface area contributed by atoms with Gasteiger partial charge in [-0.2, -0.15) is 18.3 Å². The predicted molar refractivity (Wildman–Crippen MR) is 142 cm³/mol. The van der Waals surface area contributed by atoms with Crippen LogP contribution in [0.4, 0.5) is 13.2 Å². The lowest BCUT2D eigenvalue weighted by atomic mass is 9.97. The van der Waals surface area contributed by atoms with E-state index in [4.69, 9.17) is 21.8 Å². The van der Waals surface area contributed by atoms with Crippen LogP contribution in [0.1, 0.15) is 54.3 Å². The molecule has 4 aromatic rings. The normalized spacial score (nSPS) is 12.9. The number of aliphatic hydroxyl groups excluding tert-OH is 1. The van der Waals surface area contributed by atoms with Crippen LogP contribution in [-0.2, 0) is 6.18 Å². The number of fused-ring (bicyclic) bond motifs is 1. The summed E-state index contributed by atoms with van der Waals surface area (Å²) in [5.74, 6) is -0.103. The largest absolute Gasteiger partial charge is 0.416 e. The molecule has 1 amide bonds. The van der Waals surface area contributed by atoms with E-state index in [1.807, 2.05) is 22.9 Å². The molecule has 39 heavy (non-hydrogen) atoms. The fourth-order valence-corrected chi connectivity index (χ4v) is 4.65. The number of nitrogens with one attached hydrogen (secondary N) is 1. The fourth-order valence-electron chi connectivity index (χ4n) is 4.36. The molecular formula is C28H28ClF3N4O3. The first-order chi connectivity index (χ1) is 18.4. The number of halogens is 4. The number of aromatic nitrogens is 3. The molecule has 11 heteroatoms. The first-order valence-corrected chi connectivity index (χ1v) is 12.8. The molecular weight excluding hydrogens is 533 g/mol. The molecule has 2 aromatic carbocycles. The minimum atomic E-state index is -4.47. The summed E-state index contributed by atoms with van der Waals surface area (Å²) in [6.07, 6.45) is -1.88. The van der Waals surface area contributed by atoms with Crippen molar-refractivity contribution in [2.75, 3.05) is 6.54 Å². The monoisotopic (exact) mass is 560 g/mol. The molecule has 2 heterocycles. The van der Waals surface area contributed by atoms with Crippen LogP contribution in [0.5, 0.6) is 0 Å². The number of aliphatic hydroxyl groups is 2. The van der Waals surface area contributed by atoms with Crippen LogP contribution in [0, 0.1) is 5.92 Å². The Kier molecular flexibility index (Phi) is 8.58. The number of hydrogen-bond donors (Lipinski definition) is 3. The average Bonchev–Trinajstić information content (AvgIpc) is 3.29. The lowest BCUT2D eigenvalue weighted by Gasteiger charge is -2.21. The van der Waals surface area contributed by atoms with E-state index in [1.54, 1.807) is 24.5 Å². The molecule has 206 valence electrons. The molecule has 1 unspecified atom stereocenters. The first kappa shape index (κ1) is 28.5. The van der Waals surface area contributed by atoms with Gasteiger partial charge in [-0.1, -0.05) is 43.6 Å². The Balaban J connectivity index is 1.62. The van der Waals surface area contributed by atoms with Crippen molar-refractivity contribution in [3.8, 4) is 11.1 Å². The molecule has 0 saturated carbocycles. The van der Waals surface area contributed by atoms with Crippen molar-refractivity contribution in [1.29, 1.82) is 0 Å². The van der Waals surface area contributed by atoms with Crippen molar-refractivity contribution in [3.05, 3.63) is 82.8 Å². The maximum Gasteiger partial charge on any atom is 0.416 e. The number of amides is 1. The lowest BCUT2D eigenvalue weighted by Crippen LogP contribution is -2.27. The molecule has 4 rings (SSSR count). The summed E-state index contributed by atoms with van der Waals surface area (Å²) in [6, 6.07) is 12.1. The summed E-state index contributed by atoms with van der Waals surface area (Å²) >= 11 is 6.21. The van der Waals surface area contributed by atoms with Crippen LogP contribution in [0.2, 0.25) is 5.02 Å². The van der Waals surface area contributed by atoms with Gasteiger partial charge in [-0.3, -0.25) is 14.5 Å². The van der Waals surface area contributed by atoms with Gasteiger partial charge < -0.3 is 15.5 Å². The maximum atomic E-state index is 13.0. The van der Waals surface area contributed by atoms with E-state index in [0.717, 1.165) is 35.0 Å². The van der Waals surface area contributed by atoms with Gasteiger partial charge in [0.25, 0.3) is 5.91 Å². The molecule has 0 aliphatic rings. The van der Waals surface area contributed by atoms with E-state index in [1.165, 1.54) is 6.07 Å². The van der Waals surface area contributed by atoms with Crippen molar-refractivity contribution >= 4 is 28.4 Å². The quantitative estimate of drug-likeness (QED) is 0.223. The van der Waals surface area contributed by atoms with Gasteiger partial charge in [-0.25, -0.2) is 0 Å². The topological polar surface area (TPSA) is 100 Å². The summed E-state index contributed by atoms with van der Waals surface area (Å²) in [6.45, 7) is 4.29. The second-order valence-electron chi connectivity index (χ2n) is 9.70. The summed E-state index contributed by atoms with van der Waals surface area (Å²) in [5.41, 5.74) is 2.25. The van der Waals surface area contributed by atoms with Crippen LogP contribution in [-0.4, -0.2) is 43.7 Å². The molecule has 7 nitrogen and oxygen atoms in total. The number of nitrogens with zero attached hydrogens (tertiary/aromatic N) is 3. The third kappa shape index (κ3) is 6.76. The van der Waals surface area contributed by atoms with Crippen molar-refractivity contribution in [2.45, 2.75) is 45.2 Å². The van der Waals surface area contributed by atoms with Crippen LogP contribution in [0.15, 0.2) is 60.9 Å². The number of pyridine rings is 1. The van der Waals surface area contributed by atoms with Gasteiger partial charge in [0.15, 0.2) is 6.29 Å². The van der Waals surface area contributed by atoms with E-state index >= 15 is 0 Å². The molecule has 2 aromatic heterocycles. The third-order valence-electron chi connectivity index (χ3n) is 6.28. The highest BCUT2D eigenvalue weighted by molar-refractivity contribution is 6.33. The maximum absolute atomic E-state index is 13.0. The number of hydrogen-bond acceptors (Lipinski definition) is 5. The highest BCUT2D eigenvalue weighted by atomic mass is 35.5. The van der Waals surface area contributed by atoms with Crippen molar-refractivity contribution in [1.82, 2.24) is 20.1 Å². The molecule has 0 fully saturated rings. The second-order valence-corrected chi connectivity index (χ2v) is 10.1. The number of carbonyl (C=O) groups is 1. The van der Waals surface area contributed by atoms with E-state index in [2.05, 4.69) is 29.2 Å². The Morgan fingerprint density at radius 2 is 1.85 bits per heavy atom. The van der Waals surface area contributed by atoms with E-state index < -0.39 is 23.9 Å². The Hall–Kier alpha value is -3.47. The summed E-state index contributed by atoms with van der Waals surface area (Å²) in [7, 11) is 0. The zero-order valence-corrected chi connectivity index (χ0v) is 22.0. The number of rotatable bonds is 9. The van der Waals surface area contributed by atoms with E-state index in [9.17, 15) is 18.0 Å². The minimum absolute atomic E-state index is 0.0111. The molecule has 0 aliphatic heterocycles. The van der Waals surface area contributed by atoms with Crippen LogP contribution >= 0.6 is 11.6 Å². The molecule has 0 saturated heterocycles. The number of alkyl halides is 3. The van der Waals surface area contributed by atoms with E-state index in [0.29, 0.717) is 17.0 Å². The van der Waals surface area contributed by atoms with Gasteiger partial charge in [0, 0.05) is 35.1 Å². The van der Waals surface area contributed by atoms with Gasteiger partial charge in [0.1, 0.15) is 5.69 Å². The SMILES string of the molecule is CC(C)CC(c1ccc(C(=O)NCCC(O)O)nc1)n1ncc2cc(-c3ccc(C(F)(F)F)cc3Cl)ccc21. The minimum Gasteiger partial charge on any atom is -0.368 e. The Morgan fingerprint density at radius 1 is 1.08 bits per heavy atom. The molecule has 0 bridgehead atoms. The Morgan fingerprint density at radius 3 is 2.46 bits per heavy atom. The number of benzene rings is 2. The standard InChI is InChI=1S/C28H28ClF3N4O3/c1-16(2)11-25(18-3-7-23(34-14-18)27(39)33-10-9-26(37)38)36-24-8-4-17(12-19(24)15-35-36)21-6-5-20(13-22(21)29)28(30,31)32/h3-8,12-16,25-26,37-38H,9-11H2,1-2H3,(H,33,39). The fraction of sp³-hybridized carbons (Fsp3) is 0.321. The Labute approximate surface area is 228 Å². The van der Waals surface area contributed by atoms with E-state index in [-0.39, 0.29) is 29.7 Å². The molecule has 0 aliphatic carbocycles. The van der Waals surface area contributed by atoms with Crippen molar-refractivity contribution in [3.63, 3.8) is 0 Å². The molecule has 3 N–H and O–H groups in total. The van der Waals surface area contributed by atoms with Gasteiger partial charge in [0.2, 0.25) is 0 Å². The smallest absolute Gasteiger partial charge is 0.368 e. The molecule has 1 atom stereocenters. The molecule has 0 spiro atoms. The third-order valence-corrected chi connectivity index (χ3v) is 6.60. The van der Waals surface area contributed by atoms with Crippen molar-refractivity contribution < 1.29 is 28.2 Å². The van der Waals surface area contributed by atoms with Gasteiger partial charge >= 0.3 is 6.18 Å².